The number of benzene rings is 2. The molecule has 0 aliphatic rings. The molecule has 0 aliphatic carbocycles. The Morgan fingerprint density at radius 3 is 2.50 bits per heavy atom. The molecule has 0 bridgehead atoms. The van der Waals surface area contributed by atoms with Crippen molar-refractivity contribution in [2.45, 2.75) is 0 Å². The van der Waals surface area contributed by atoms with Crippen LogP contribution in [0.2, 0.25) is 0 Å². The van der Waals surface area contributed by atoms with Crippen molar-refractivity contribution in [3.63, 3.8) is 0 Å². The van der Waals surface area contributed by atoms with E-state index in [2.05, 4.69) is 18.2 Å². The second-order valence-corrected chi connectivity index (χ2v) is 3.03. The predicted molar refractivity (Wildman–Crippen MR) is 53.8 cm³/mol. The van der Waals surface area contributed by atoms with E-state index in [1.807, 2.05) is 13.9 Å². The van der Waals surface area contributed by atoms with Crippen molar-refractivity contribution in [3.05, 3.63) is 36.4 Å². The third-order valence-electron chi connectivity index (χ3n) is 1.98. The summed E-state index contributed by atoms with van der Waals surface area (Å²) in [6, 6.07) is 11.6. The fourth-order valence-corrected chi connectivity index (χ4v) is 1.35. The van der Waals surface area contributed by atoms with Gasteiger partial charge in [0.25, 0.3) is 0 Å². The number of hydrogen-bond acceptors (Lipinski definition) is 1. The largest absolute Gasteiger partial charge is 0.508 e. The monoisotopic (exact) mass is 156 g/mol. The molecule has 0 unspecified atom stereocenters. The first kappa shape index (κ1) is 7.23. The van der Waals surface area contributed by atoms with Gasteiger partial charge >= 0.3 is 0 Å². The van der Waals surface area contributed by atoms with Gasteiger partial charge in [0, 0.05) is 0 Å². The summed E-state index contributed by atoms with van der Waals surface area (Å²) >= 11 is 0. The molecule has 0 saturated heterocycles. The Balaban J connectivity index is 2.80. The molecule has 0 aliphatic heterocycles. The van der Waals surface area contributed by atoms with Crippen LogP contribution in [-0.2, 0) is 0 Å². The highest BCUT2D eigenvalue weighted by Gasteiger charge is 1.94. The number of phenolic OH excluding ortho intramolecular Hbond substituents is 1. The van der Waals surface area contributed by atoms with Crippen LogP contribution >= 0.6 is 0 Å². The van der Waals surface area contributed by atoms with Crippen molar-refractivity contribution in [2.24, 2.45) is 0 Å². The molecule has 58 valence electrons. The van der Waals surface area contributed by atoms with E-state index in [0.29, 0.717) is 5.75 Å². The fraction of sp³-hybridized carbons (Fsp3) is 0. The summed E-state index contributed by atoms with van der Waals surface area (Å²) in [7, 11) is 2.05. The van der Waals surface area contributed by atoms with Gasteiger partial charge in [-0.25, -0.2) is 0 Å². The van der Waals surface area contributed by atoms with E-state index in [1.165, 1.54) is 10.8 Å². The van der Waals surface area contributed by atoms with Crippen molar-refractivity contribution in [3.8, 4) is 5.75 Å². The third-order valence-corrected chi connectivity index (χ3v) is 1.98. The molecule has 0 saturated carbocycles. The van der Waals surface area contributed by atoms with Gasteiger partial charge in [-0.3, -0.25) is 0 Å². The van der Waals surface area contributed by atoms with Gasteiger partial charge in [0.15, 0.2) is 0 Å². The van der Waals surface area contributed by atoms with Crippen LogP contribution in [0.1, 0.15) is 0 Å². The van der Waals surface area contributed by atoms with Gasteiger partial charge in [0.05, 0.1) is 0 Å². The quantitative estimate of drug-likeness (QED) is 0.559. The van der Waals surface area contributed by atoms with E-state index < -0.39 is 0 Å². The second-order valence-electron chi connectivity index (χ2n) is 3.03. The lowest BCUT2D eigenvalue weighted by molar-refractivity contribution is 0.476. The van der Waals surface area contributed by atoms with Crippen LogP contribution in [0, 0.1) is 0 Å². The highest BCUT2D eigenvalue weighted by molar-refractivity contribution is 6.33. The van der Waals surface area contributed by atoms with Crippen molar-refractivity contribution in [1.29, 1.82) is 0 Å². The summed E-state index contributed by atoms with van der Waals surface area (Å²) in [5, 5.41) is 11.5. The number of phenols is 1. The van der Waals surface area contributed by atoms with Gasteiger partial charge in [-0.2, -0.15) is 0 Å². The summed E-state index contributed by atoms with van der Waals surface area (Å²) < 4.78 is 0. The lowest BCUT2D eigenvalue weighted by Gasteiger charge is -1.99. The molecule has 2 rings (SSSR count). The molecular formula is C10H9BO. The molecule has 0 heterocycles. The molecule has 0 radical (unpaired) electrons. The van der Waals surface area contributed by atoms with Crippen LogP contribution in [-0.4, -0.2) is 13.0 Å². The van der Waals surface area contributed by atoms with Gasteiger partial charge in [-0.05, 0) is 22.9 Å². The number of rotatable bonds is 0. The fourth-order valence-electron chi connectivity index (χ4n) is 1.35. The first-order valence-electron chi connectivity index (χ1n) is 3.95. The zero-order chi connectivity index (χ0) is 8.55. The maximum atomic E-state index is 9.22. The van der Waals surface area contributed by atoms with E-state index in [1.54, 1.807) is 12.1 Å². The number of fused-ring (bicyclic) bond motifs is 1. The van der Waals surface area contributed by atoms with Gasteiger partial charge in [0.1, 0.15) is 13.6 Å². The van der Waals surface area contributed by atoms with E-state index in [4.69, 9.17) is 0 Å². The molecule has 2 aromatic carbocycles. The number of hydrogen-bond donors (Lipinski definition) is 1. The highest BCUT2D eigenvalue weighted by Crippen LogP contribution is 2.17. The van der Waals surface area contributed by atoms with Gasteiger partial charge in [-0.1, -0.05) is 29.7 Å². The minimum Gasteiger partial charge on any atom is -0.508 e. The van der Waals surface area contributed by atoms with E-state index in [0.717, 1.165) is 5.39 Å². The molecule has 2 heteroatoms. The van der Waals surface area contributed by atoms with Crippen LogP contribution in [0.4, 0.5) is 0 Å². The summed E-state index contributed by atoms with van der Waals surface area (Å²) in [6.07, 6.45) is 0. The maximum Gasteiger partial charge on any atom is 0.139 e. The van der Waals surface area contributed by atoms with Crippen molar-refractivity contribution in [2.75, 3.05) is 0 Å². The first-order chi connectivity index (χ1) is 5.75. The molecule has 12 heavy (non-hydrogen) atoms. The van der Waals surface area contributed by atoms with Gasteiger partial charge < -0.3 is 5.11 Å². The lowest BCUT2D eigenvalue weighted by Crippen LogP contribution is -1.99. The molecule has 0 atom stereocenters. The average Bonchev–Trinajstić information content (AvgIpc) is 2.03. The van der Waals surface area contributed by atoms with Gasteiger partial charge in [-0.15, -0.1) is 0 Å². The normalized spacial score (nSPS) is 10.3. The molecule has 1 nitrogen and oxygen atoms in total. The Morgan fingerprint density at radius 2 is 1.67 bits per heavy atom. The molecule has 0 amide bonds. The average molecular weight is 156 g/mol. The Kier molecular flexibility index (Phi) is 1.54. The maximum absolute atomic E-state index is 9.22. The van der Waals surface area contributed by atoms with Crippen LogP contribution in [0.25, 0.3) is 10.8 Å². The Bertz CT molecular complexity index is 386. The molecule has 0 fully saturated rings. The lowest BCUT2D eigenvalue weighted by atomic mass is 9.93. The minimum absolute atomic E-state index is 0.327. The zero-order valence-electron chi connectivity index (χ0n) is 6.91. The predicted octanol–water partition coefficient (Wildman–Crippen LogP) is 0.804. The van der Waals surface area contributed by atoms with E-state index in [-0.39, 0.29) is 0 Å². The van der Waals surface area contributed by atoms with Crippen LogP contribution < -0.4 is 5.46 Å². The highest BCUT2D eigenvalue weighted by atomic mass is 16.3. The summed E-state index contributed by atoms with van der Waals surface area (Å²) in [5.74, 6) is 0.327. The molecule has 0 aromatic heterocycles. The SMILES string of the molecule is Bc1ccc2ccc(O)cc2c1. The van der Waals surface area contributed by atoms with Crippen molar-refractivity contribution < 1.29 is 5.11 Å². The van der Waals surface area contributed by atoms with Crippen molar-refractivity contribution in [1.82, 2.24) is 0 Å². The molecule has 2 aromatic rings. The Morgan fingerprint density at radius 1 is 0.917 bits per heavy atom. The van der Waals surface area contributed by atoms with E-state index in [9.17, 15) is 5.11 Å². The molecule has 0 spiro atoms. The zero-order valence-corrected chi connectivity index (χ0v) is 6.91. The summed E-state index contributed by atoms with van der Waals surface area (Å²) in [4.78, 5) is 0. The standard InChI is InChI=1S/C10H9BO/c11-9-3-1-7-2-4-10(12)6-8(7)5-9/h1-6,12H,11H2. The Hall–Kier alpha value is -1.44. The molecule has 1 N–H and O–H groups in total. The number of aromatic hydroxyl groups is 1. The van der Waals surface area contributed by atoms with Gasteiger partial charge in [0.2, 0.25) is 0 Å². The minimum atomic E-state index is 0.327. The topological polar surface area (TPSA) is 20.2 Å². The van der Waals surface area contributed by atoms with Crippen molar-refractivity contribution >= 4 is 24.1 Å². The van der Waals surface area contributed by atoms with E-state index >= 15 is 0 Å². The third kappa shape index (κ3) is 1.16. The van der Waals surface area contributed by atoms with Crippen LogP contribution in [0.5, 0.6) is 5.75 Å². The second kappa shape index (κ2) is 2.56. The van der Waals surface area contributed by atoms with Crippen LogP contribution in [0.15, 0.2) is 36.4 Å². The summed E-state index contributed by atoms with van der Waals surface area (Å²) in [5.41, 5.74) is 1.22. The Labute approximate surface area is 72.1 Å². The smallest absolute Gasteiger partial charge is 0.139 e. The van der Waals surface area contributed by atoms with Crippen LogP contribution in [0.3, 0.4) is 0 Å². The first-order valence-corrected chi connectivity index (χ1v) is 3.95. The summed E-state index contributed by atoms with van der Waals surface area (Å²) in [6.45, 7) is 0. The molecular weight excluding hydrogens is 147 g/mol.